The Bertz CT molecular complexity index is 778. The van der Waals surface area contributed by atoms with Crippen molar-refractivity contribution in [3.05, 3.63) is 34.1 Å². The number of esters is 1. The Hall–Kier alpha value is -2.54. The van der Waals surface area contributed by atoms with Gasteiger partial charge in [0.05, 0.1) is 29.4 Å². The number of anilines is 2. The molecule has 1 fully saturated rings. The summed E-state index contributed by atoms with van der Waals surface area (Å²) in [6.07, 6.45) is 0. The molecule has 7 heteroatoms. The third-order valence-corrected chi connectivity index (χ3v) is 3.86. The highest BCUT2D eigenvalue weighted by molar-refractivity contribution is 6.01. The van der Waals surface area contributed by atoms with Gasteiger partial charge in [0.25, 0.3) is 0 Å². The summed E-state index contributed by atoms with van der Waals surface area (Å²) in [6, 6.07) is 4.87. The highest BCUT2D eigenvalue weighted by Gasteiger charge is 2.18. The molecule has 7 nitrogen and oxygen atoms in total. The van der Waals surface area contributed by atoms with Crippen LogP contribution < -0.4 is 21.4 Å². The molecule has 1 aliphatic rings. The van der Waals surface area contributed by atoms with Gasteiger partial charge in [0.15, 0.2) is 5.43 Å². The molecule has 0 spiro atoms. The SMILES string of the molecule is COC(=O)c1cc(=O)c2c(N3CCNCC3)ccc(N)c2[nH]1. The second-order valence-corrected chi connectivity index (χ2v) is 5.20. The number of methoxy groups -OCH3 is 1. The minimum Gasteiger partial charge on any atom is -0.464 e. The van der Waals surface area contributed by atoms with Gasteiger partial charge in [-0.25, -0.2) is 4.79 Å². The number of fused-ring (bicyclic) bond motifs is 1. The van der Waals surface area contributed by atoms with Gasteiger partial charge in [0.1, 0.15) is 5.69 Å². The summed E-state index contributed by atoms with van der Waals surface area (Å²) in [6.45, 7) is 3.36. The van der Waals surface area contributed by atoms with E-state index in [2.05, 4.69) is 19.9 Å². The Balaban J connectivity index is 2.21. The maximum absolute atomic E-state index is 12.5. The summed E-state index contributed by atoms with van der Waals surface area (Å²) in [5, 5.41) is 3.79. The van der Waals surface area contributed by atoms with E-state index < -0.39 is 5.97 Å². The molecule has 22 heavy (non-hydrogen) atoms. The number of aromatic amines is 1. The fourth-order valence-corrected chi connectivity index (χ4v) is 2.76. The maximum Gasteiger partial charge on any atom is 0.354 e. The number of hydrogen-bond acceptors (Lipinski definition) is 6. The fourth-order valence-electron chi connectivity index (χ4n) is 2.76. The lowest BCUT2D eigenvalue weighted by atomic mass is 10.1. The number of H-pyrrole nitrogens is 1. The third-order valence-electron chi connectivity index (χ3n) is 3.86. The van der Waals surface area contributed by atoms with Crippen LogP contribution in [0.2, 0.25) is 0 Å². The molecule has 4 N–H and O–H groups in total. The number of ether oxygens (including phenoxy) is 1. The number of benzene rings is 1. The molecule has 0 radical (unpaired) electrons. The van der Waals surface area contributed by atoms with Gasteiger partial charge in [-0.05, 0) is 12.1 Å². The highest BCUT2D eigenvalue weighted by atomic mass is 16.5. The standard InChI is InChI=1S/C15H18N4O3/c1-22-15(21)10-8-12(20)13-11(19-6-4-17-5-7-19)3-2-9(16)14(13)18-10/h2-3,8,17H,4-7,16H2,1H3,(H,18,20). The zero-order valence-corrected chi connectivity index (χ0v) is 12.3. The lowest BCUT2D eigenvalue weighted by Gasteiger charge is -2.30. The van der Waals surface area contributed by atoms with Crippen LogP contribution in [0.3, 0.4) is 0 Å². The molecular weight excluding hydrogens is 284 g/mol. The lowest BCUT2D eigenvalue weighted by molar-refractivity contribution is 0.0594. The first-order chi connectivity index (χ1) is 10.6. The molecule has 0 bridgehead atoms. The van der Waals surface area contributed by atoms with Gasteiger partial charge in [-0.1, -0.05) is 0 Å². The van der Waals surface area contributed by atoms with Crippen LogP contribution in [-0.4, -0.2) is 44.2 Å². The zero-order chi connectivity index (χ0) is 15.7. The average molecular weight is 302 g/mol. The Morgan fingerprint density at radius 3 is 2.73 bits per heavy atom. The number of nitrogens with one attached hydrogen (secondary N) is 2. The number of rotatable bonds is 2. The van der Waals surface area contributed by atoms with Gasteiger partial charge in [0.2, 0.25) is 0 Å². The highest BCUT2D eigenvalue weighted by Crippen LogP contribution is 2.27. The molecule has 2 heterocycles. The van der Waals surface area contributed by atoms with Crippen LogP contribution >= 0.6 is 0 Å². The molecule has 1 aliphatic heterocycles. The molecule has 116 valence electrons. The van der Waals surface area contributed by atoms with E-state index in [0.29, 0.717) is 16.6 Å². The van der Waals surface area contributed by atoms with Crippen molar-refractivity contribution >= 4 is 28.2 Å². The number of nitrogens with zero attached hydrogens (tertiary/aromatic N) is 1. The monoisotopic (exact) mass is 302 g/mol. The van der Waals surface area contributed by atoms with Crippen LogP contribution in [0.1, 0.15) is 10.5 Å². The second-order valence-electron chi connectivity index (χ2n) is 5.20. The van der Waals surface area contributed by atoms with Crippen molar-refractivity contribution in [1.29, 1.82) is 0 Å². The molecule has 0 unspecified atom stereocenters. The van der Waals surface area contributed by atoms with Crippen molar-refractivity contribution in [3.8, 4) is 0 Å². The largest absolute Gasteiger partial charge is 0.464 e. The molecule has 1 aromatic heterocycles. The van der Waals surface area contributed by atoms with E-state index in [4.69, 9.17) is 5.73 Å². The molecule has 0 atom stereocenters. The van der Waals surface area contributed by atoms with Gasteiger partial charge in [0, 0.05) is 32.2 Å². The summed E-state index contributed by atoms with van der Waals surface area (Å²) in [4.78, 5) is 29.2. The van der Waals surface area contributed by atoms with Gasteiger partial charge < -0.3 is 25.7 Å². The van der Waals surface area contributed by atoms with Crippen LogP contribution in [0.15, 0.2) is 23.0 Å². The van der Waals surface area contributed by atoms with Gasteiger partial charge in [-0.3, -0.25) is 4.79 Å². The Morgan fingerprint density at radius 2 is 2.05 bits per heavy atom. The number of piperazine rings is 1. The molecule has 2 aromatic rings. The minimum atomic E-state index is -0.592. The second kappa shape index (κ2) is 5.69. The molecule has 0 aliphatic carbocycles. The van der Waals surface area contributed by atoms with E-state index in [1.165, 1.54) is 13.2 Å². The quantitative estimate of drug-likeness (QED) is 0.545. The molecular formula is C15H18N4O3. The first-order valence-corrected chi connectivity index (χ1v) is 7.11. The van der Waals surface area contributed by atoms with Crippen LogP contribution in [0, 0.1) is 0 Å². The summed E-state index contributed by atoms with van der Waals surface area (Å²) in [5.74, 6) is -0.592. The predicted octanol–water partition coefficient (Wildman–Crippen LogP) is 0.306. The molecule has 1 saturated heterocycles. The Kier molecular flexibility index (Phi) is 3.72. The van der Waals surface area contributed by atoms with Crippen molar-refractivity contribution in [3.63, 3.8) is 0 Å². The van der Waals surface area contributed by atoms with Gasteiger partial charge >= 0.3 is 5.97 Å². The van der Waals surface area contributed by atoms with Crippen molar-refractivity contribution in [2.24, 2.45) is 0 Å². The smallest absolute Gasteiger partial charge is 0.354 e. The van der Waals surface area contributed by atoms with E-state index in [1.807, 2.05) is 6.07 Å². The van der Waals surface area contributed by atoms with Crippen LogP contribution in [-0.2, 0) is 4.74 Å². The van der Waals surface area contributed by atoms with Crippen molar-refractivity contribution in [2.45, 2.75) is 0 Å². The van der Waals surface area contributed by atoms with Crippen molar-refractivity contribution in [2.75, 3.05) is 43.9 Å². The number of carbonyl (C=O) groups excluding carboxylic acids is 1. The first-order valence-electron chi connectivity index (χ1n) is 7.11. The van der Waals surface area contributed by atoms with E-state index in [-0.39, 0.29) is 11.1 Å². The maximum atomic E-state index is 12.5. The third kappa shape index (κ3) is 2.39. The van der Waals surface area contributed by atoms with E-state index >= 15 is 0 Å². The number of aromatic nitrogens is 1. The summed E-state index contributed by atoms with van der Waals surface area (Å²) in [5.41, 5.74) is 7.58. The van der Waals surface area contributed by atoms with Crippen LogP contribution in [0.5, 0.6) is 0 Å². The average Bonchev–Trinajstić information content (AvgIpc) is 2.55. The number of pyridine rings is 1. The summed E-state index contributed by atoms with van der Waals surface area (Å²) < 4.78 is 4.66. The van der Waals surface area contributed by atoms with E-state index in [9.17, 15) is 9.59 Å². The lowest BCUT2D eigenvalue weighted by Crippen LogP contribution is -2.43. The predicted molar refractivity (Wildman–Crippen MR) is 85.4 cm³/mol. The molecule has 1 aromatic carbocycles. The number of carbonyl (C=O) groups is 1. The van der Waals surface area contributed by atoms with Crippen LogP contribution in [0.25, 0.3) is 10.9 Å². The molecule has 0 amide bonds. The Labute approximate surface area is 127 Å². The van der Waals surface area contributed by atoms with Gasteiger partial charge in [-0.2, -0.15) is 0 Å². The fraction of sp³-hybridized carbons (Fsp3) is 0.333. The molecule has 3 rings (SSSR count). The summed E-state index contributed by atoms with van der Waals surface area (Å²) in [7, 11) is 1.27. The first kappa shape index (κ1) is 14.4. The van der Waals surface area contributed by atoms with Gasteiger partial charge in [-0.15, -0.1) is 0 Å². The molecule has 0 saturated carbocycles. The van der Waals surface area contributed by atoms with E-state index in [1.54, 1.807) is 6.07 Å². The van der Waals surface area contributed by atoms with Crippen molar-refractivity contribution < 1.29 is 9.53 Å². The summed E-state index contributed by atoms with van der Waals surface area (Å²) >= 11 is 0. The normalized spacial score (nSPS) is 15.0. The number of nitrogen functional groups attached to an aromatic ring is 1. The minimum absolute atomic E-state index is 0.101. The van der Waals surface area contributed by atoms with Crippen molar-refractivity contribution in [1.82, 2.24) is 10.3 Å². The zero-order valence-electron chi connectivity index (χ0n) is 12.3. The van der Waals surface area contributed by atoms with Crippen LogP contribution in [0.4, 0.5) is 11.4 Å². The number of hydrogen-bond donors (Lipinski definition) is 3. The Morgan fingerprint density at radius 1 is 1.32 bits per heavy atom. The van der Waals surface area contributed by atoms with E-state index in [0.717, 1.165) is 31.9 Å². The number of nitrogens with two attached hydrogens (primary N) is 1. The topological polar surface area (TPSA) is 100 Å².